The fourth-order valence-electron chi connectivity index (χ4n) is 1.94. The fraction of sp³-hybridized carbons (Fsp3) is 0. The zero-order valence-electron chi connectivity index (χ0n) is 9.71. The zero-order valence-corrected chi connectivity index (χ0v) is 10.5. The summed E-state index contributed by atoms with van der Waals surface area (Å²) in [6.45, 7) is 0. The molecular weight excluding hydrogens is 264 g/mol. The molecule has 0 spiro atoms. The van der Waals surface area contributed by atoms with Gasteiger partial charge in [0.15, 0.2) is 0 Å². The van der Waals surface area contributed by atoms with Crippen LogP contribution in [-0.2, 0) is 0 Å². The molecule has 92 valence electrons. The van der Waals surface area contributed by atoms with Crippen LogP contribution in [-0.4, -0.2) is 16.5 Å². The molecule has 19 heavy (non-hydrogen) atoms. The van der Waals surface area contributed by atoms with Crippen molar-refractivity contribution in [3.8, 4) is 0 Å². The molecule has 0 saturated heterocycles. The molecule has 0 unspecified atom stereocenters. The Kier molecular flexibility index (Phi) is 2.72. The van der Waals surface area contributed by atoms with Crippen LogP contribution in [0.1, 0.15) is 20.7 Å². The predicted molar refractivity (Wildman–Crippen MR) is 68.9 cm³/mol. The van der Waals surface area contributed by atoms with Crippen molar-refractivity contribution in [2.75, 3.05) is 0 Å². The maximum atomic E-state index is 12.3. The molecule has 0 bridgehead atoms. The van der Waals surface area contributed by atoms with Crippen LogP contribution >= 0.6 is 11.6 Å². The average Bonchev–Trinajstić information content (AvgIpc) is 2.43. The Hall–Kier alpha value is -2.33. The van der Waals surface area contributed by atoms with Crippen LogP contribution in [0.2, 0.25) is 5.02 Å². The van der Waals surface area contributed by atoms with E-state index in [9.17, 15) is 9.59 Å². The van der Waals surface area contributed by atoms with Crippen molar-refractivity contribution in [1.29, 1.82) is 0 Å². The van der Waals surface area contributed by atoms with E-state index in [-0.39, 0.29) is 5.91 Å². The molecule has 0 radical (unpaired) electrons. The van der Waals surface area contributed by atoms with Crippen molar-refractivity contribution < 1.29 is 14.3 Å². The summed E-state index contributed by atoms with van der Waals surface area (Å²) < 4.78 is 1.08. The number of hydrogen-bond acceptors (Lipinski definition) is 2. The molecule has 0 fully saturated rings. The molecule has 1 aliphatic heterocycles. The highest BCUT2D eigenvalue weighted by Crippen LogP contribution is 2.24. The van der Waals surface area contributed by atoms with E-state index in [1.807, 2.05) is 0 Å². The van der Waals surface area contributed by atoms with Crippen LogP contribution in [0.3, 0.4) is 0 Å². The van der Waals surface area contributed by atoms with E-state index in [1.165, 1.54) is 0 Å². The Balaban J connectivity index is 2.16. The van der Waals surface area contributed by atoms with Crippen molar-refractivity contribution in [2.45, 2.75) is 0 Å². The molecule has 0 aromatic heterocycles. The molecule has 5 heteroatoms. The van der Waals surface area contributed by atoms with Gasteiger partial charge < -0.3 is 0 Å². The zero-order chi connectivity index (χ0) is 13.4. The summed E-state index contributed by atoms with van der Waals surface area (Å²) in [6.07, 6.45) is 0. The van der Waals surface area contributed by atoms with Gasteiger partial charge in [0.1, 0.15) is 5.56 Å². The van der Waals surface area contributed by atoms with Crippen molar-refractivity contribution in [1.82, 2.24) is 0 Å². The highest BCUT2D eigenvalue weighted by atomic mass is 35.5. The van der Waals surface area contributed by atoms with Crippen molar-refractivity contribution in [3.05, 3.63) is 64.7 Å². The quantitative estimate of drug-likeness (QED) is 0.746. The van der Waals surface area contributed by atoms with Crippen LogP contribution in [0.5, 0.6) is 0 Å². The number of rotatable bonds is 1. The van der Waals surface area contributed by atoms with Gasteiger partial charge in [0.25, 0.3) is 0 Å². The molecule has 1 aliphatic rings. The summed E-state index contributed by atoms with van der Waals surface area (Å²) >= 11 is 5.88. The van der Waals surface area contributed by atoms with Gasteiger partial charge in [-0.25, -0.2) is 4.79 Å². The average molecular weight is 272 g/mol. The van der Waals surface area contributed by atoms with Gasteiger partial charge in [-0.1, -0.05) is 29.8 Å². The SMILES string of the molecule is O=C1N=[N+](c2cccc(Cl)c2)C(=O)c2ccccc21. The van der Waals surface area contributed by atoms with Crippen LogP contribution in [0, 0.1) is 0 Å². The summed E-state index contributed by atoms with van der Waals surface area (Å²) in [7, 11) is 0. The molecule has 2 aromatic rings. The van der Waals surface area contributed by atoms with Crippen LogP contribution in [0.25, 0.3) is 0 Å². The third-order valence-corrected chi connectivity index (χ3v) is 3.06. The summed E-state index contributed by atoms with van der Waals surface area (Å²) in [5.74, 6) is -0.771. The second kappa shape index (κ2) is 4.40. The van der Waals surface area contributed by atoms with E-state index in [0.29, 0.717) is 21.8 Å². The minimum absolute atomic E-state index is 0.325. The molecule has 0 atom stereocenters. The first kappa shape index (κ1) is 11.7. The third kappa shape index (κ3) is 1.96. The maximum absolute atomic E-state index is 12.3. The van der Waals surface area contributed by atoms with Crippen LogP contribution in [0.4, 0.5) is 5.69 Å². The molecule has 3 rings (SSSR count). The molecule has 0 aliphatic carbocycles. The Morgan fingerprint density at radius 3 is 2.42 bits per heavy atom. The topological polar surface area (TPSA) is 49.5 Å². The minimum Gasteiger partial charge on any atom is -0.260 e. The van der Waals surface area contributed by atoms with E-state index in [4.69, 9.17) is 11.6 Å². The highest BCUT2D eigenvalue weighted by Gasteiger charge is 2.35. The monoisotopic (exact) mass is 271 g/mol. The first-order valence-electron chi connectivity index (χ1n) is 5.62. The Morgan fingerprint density at radius 1 is 0.947 bits per heavy atom. The number of azo groups is 2. The van der Waals surface area contributed by atoms with Crippen LogP contribution in [0.15, 0.2) is 53.6 Å². The standard InChI is InChI=1S/C14H8ClN2O2/c15-9-4-3-5-10(8-9)17-14(19)12-7-2-1-6-11(12)13(18)16-17/h1-8H/q+1. The smallest absolute Gasteiger partial charge is 0.260 e. The molecule has 0 saturated carbocycles. The Bertz CT molecular complexity index is 738. The maximum Gasteiger partial charge on any atom is 0.451 e. The molecular formula is C14H8ClN2O2+. The van der Waals surface area contributed by atoms with E-state index < -0.39 is 5.91 Å². The number of benzene rings is 2. The fourth-order valence-corrected chi connectivity index (χ4v) is 2.13. The number of nitrogens with zero attached hydrogens (tertiary/aromatic N) is 2. The first-order valence-corrected chi connectivity index (χ1v) is 5.99. The lowest BCUT2D eigenvalue weighted by Gasteiger charge is -2.06. The largest absolute Gasteiger partial charge is 0.451 e. The lowest BCUT2D eigenvalue weighted by atomic mass is 10.0. The van der Waals surface area contributed by atoms with Gasteiger partial charge in [-0.3, -0.25) is 4.79 Å². The normalized spacial score (nSPS) is 14.1. The highest BCUT2D eigenvalue weighted by molar-refractivity contribution is 6.30. The summed E-state index contributed by atoms with van der Waals surface area (Å²) in [5.41, 5.74) is 1.15. The van der Waals surface area contributed by atoms with Gasteiger partial charge in [-0.05, 0) is 22.9 Å². The van der Waals surface area contributed by atoms with E-state index in [2.05, 4.69) is 5.11 Å². The van der Waals surface area contributed by atoms with Crippen molar-refractivity contribution in [3.63, 3.8) is 0 Å². The van der Waals surface area contributed by atoms with Gasteiger partial charge in [-0.2, -0.15) is 0 Å². The summed E-state index contributed by atoms with van der Waals surface area (Å²) in [5, 5.41) is 4.28. The van der Waals surface area contributed by atoms with Crippen molar-refractivity contribution in [2.24, 2.45) is 5.11 Å². The number of amides is 2. The lowest BCUT2D eigenvalue weighted by Crippen LogP contribution is -2.24. The summed E-state index contributed by atoms with van der Waals surface area (Å²) in [6, 6.07) is 13.3. The van der Waals surface area contributed by atoms with Gasteiger partial charge >= 0.3 is 11.8 Å². The molecule has 0 N–H and O–H groups in total. The van der Waals surface area contributed by atoms with Gasteiger partial charge in [-0.15, -0.1) is 0 Å². The van der Waals surface area contributed by atoms with E-state index in [0.717, 1.165) is 4.70 Å². The number of carbonyl (C=O) groups excluding carboxylic acids is 2. The minimum atomic E-state index is -0.435. The third-order valence-electron chi connectivity index (χ3n) is 2.82. The summed E-state index contributed by atoms with van der Waals surface area (Å²) in [4.78, 5) is 24.2. The Morgan fingerprint density at radius 2 is 1.68 bits per heavy atom. The van der Waals surface area contributed by atoms with E-state index in [1.54, 1.807) is 48.5 Å². The lowest BCUT2D eigenvalue weighted by molar-refractivity contribution is -0.407. The number of carbonyl (C=O) groups is 2. The number of halogens is 1. The number of fused-ring (bicyclic) bond motifs is 1. The van der Waals surface area contributed by atoms with Gasteiger partial charge in [0.2, 0.25) is 5.69 Å². The van der Waals surface area contributed by atoms with E-state index >= 15 is 0 Å². The number of hydrogen-bond donors (Lipinski definition) is 0. The molecule has 4 nitrogen and oxygen atoms in total. The molecule has 2 aromatic carbocycles. The molecule has 1 heterocycles. The van der Waals surface area contributed by atoms with Crippen molar-refractivity contribution >= 4 is 29.1 Å². The Labute approximate surface area is 113 Å². The van der Waals surface area contributed by atoms with Gasteiger partial charge in [0.05, 0.1) is 10.7 Å². The second-order valence-corrected chi connectivity index (χ2v) is 4.48. The van der Waals surface area contributed by atoms with Crippen LogP contribution < -0.4 is 0 Å². The van der Waals surface area contributed by atoms with Gasteiger partial charge in [0, 0.05) is 17.2 Å². The predicted octanol–water partition coefficient (Wildman–Crippen LogP) is 3.43. The first-order chi connectivity index (χ1) is 9.16. The molecule has 2 amide bonds. The second-order valence-electron chi connectivity index (χ2n) is 4.05.